The number of hydrogen-bond acceptors (Lipinski definition) is 4. The van der Waals surface area contributed by atoms with E-state index in [2.05, 4.69) is 4.72 Å². The summed E-state index contributed by atoms with van der Waals surface area (Å²) >= 11 is 0. The lowest BCUT2D eigenvalue weighted by Crippen LogP contribution is -2.23. The van der Waals surface area contributed by atoms with Gasteiger partial charge in [0, 0.05) is 18.2 Å². The van der Waals surface area contributed by atoms with Crippen molar-refractivity contribution in [2.24, 2.45) is 0 Å². The van der Waals surface area contributed by atoms with Gasteiger partial charge in [0.15, 0.2) is 11.5 Å². The molecule has 0 aromatic heterocycles. The second-order valence-electron chi connectivity index (χ2n) is 4.43. The second-order valence-corrected chi connectivity index (χ2v) is 6.20. The van der Waals surface area contributed by atoms with Crippen molar-refractivity contribution in [2.75, 3.05) is 14.2 Å². The zero-order chi connectivity index (χ0) is 16.2. The Morgan fingerprint density at radius 3 is 2.36 bits per heavy atom. The summed E-state index contributed by atoms with van der Waals surface area (Å²) in [7, 11) is -0.907. The minimum Gasteiger partial charge on any atom is -0.493 e. The fraction of sp³-hybridized carbons (Fsp3) is 0.200. The van der Waals surface area contributed by atoms with Crippen LogP contribution in [0.2, 0.25) is 0 Å². The first kappa shape index (κ1) is 16.3. The zero-order valence-electron chi connectivity index (χ0n) is 12.2. The zero-order valence-corrected chi connectivity index (χ0v) is 13.0. The van der Waals surface area contributed by atoms with Crippen LogP contribution in [0.1, 0.15) is 5.56 Å². The van der Waals surface area contributed by atoms with Crippen LogP contribution in [0, 0.1) is 5.82 Å². The smallest absolute Gasteiger partial charge is 0.241 e. The van der Waals surface area contributed by atoms with Crippen LogP contribution in [0.5, 0.6) is 11.5 Å². The van der Waals surface area contributed by atoms with Gasteiger partial charge in [-0.15, -0.1) is 0 Å². The van der Waals surface area contributed by atoms with Crippen molar-refractivity contribution in [3.05, 3.63) is 53.8 Å². The van der Waals surface area contributed by atoms with Crippen LogP contribution < -0.4 is 14.2 Å². The monoisotopic (exact) mass is 325 g/mol. The largest absolute Gasteiger partial charge is 0.493 e. The van der Waals surface area contributed by atoms with Crippen molar-refractivity contribution >= 4 is 10.0 Å². The van der Waals surface area contributed by atoms with Crippen LogP contribution in [-0.4, -0.2) is 22.6 Å². The van der Waals surface area contributed by atoms with Gasteiger partial charge < -0.3 is 9.47 Å². The van der Waals surface area contributed by atoms with Gasteiger partial charge >= 0.3 is 0 Å². The Labute approximate surface area is 128 Å². The first-order chi connectivity index (χ1) is 10.5. The minimum absolute atomic E-state index is 0.0153. The molecule has 22 heavy (non-hydrogen) atoms. The van der Waals surface area contributed by atoms with E-state index in [0.717, 1.165) is 0 Å². The number of benzene rings is 2. The van der Waals surface area contributed by atoms with Crippen molar-refractivity contribution in [1.82, 2.24) is 4.72 Å². The van der Waals surface area contributed by atoms with E-state index in [9.17, 15) is 12.8 Å². The average molecular weight is 325 g/mol. The summed E-state index contributed by atoms with van der Waals surface area (Å²) in [6, 6.07) is 10.2. The maximum absolute atomic E-state index is 13.5. The fourth-order valence-corrected chi connectivity index (χ4v) is 2.90. The van der Waals surface area contributed by atoms with E-state index in [1.165, 1.54) is 44.6 Å². The molecule has 0 spiro atoms. The molecule has 0 radical (unpaired) electrons. The molecule has 5 nitrogen and oxygen atoms in total. The van der Waals surface area contributed by atoms with E-state index in [1.807, 2.05) is 0 Å². The summed E-state index contributed by atoms with van der Waals surface area (Å²) in [6.45, 7) is -0.136. The van der Waals surface area contributed by atoms with Gasteiger partial charge in [-0.05, 0) is 18.2 Å². The molecule has 0 heterocycles. The van der Waals surface area contributed by atoms with Gasteiger partial charge in [-0.2, -0.15) is 0 Å². The SMILES string of the molecule is COc1ccc(S(=O)(=O)NCc2ccccc2F)cc1OC. The van der Waals surface area contributed by atoms with Gasteiger partial charge in [0.2, 0.25) is 10.0 Å². The highest BCUT2D eigenvalue weighted by Gasteiger charge is 2.17. The number of halogens is 1. The first-order valence-corrected chi connectivity index (χ1v) is 7.91. The predicted molar refractivity (Wildman–Crippen MR) is 80.0 cm³/mol. The number of methoxy groups -OCH3 is 2. The molecule has 0 aliphatic rings. The lowest BCUT2D eigenvalue weighted by Gasteiger charge is -2.11. The molecule has 0 saturated carbocycles. The number of ether oxygens (including phenoxy) is 2. The molecule has 2 aromatic carbocycles. The summed E-state index contributed by atoms with van der Waals surface area (Å²) in [5.41, 5.74) is 0.270. The van der Waals surface area contributed by atoms with Gasteiger partial charge in [0.25, 0.3) is 0 Å². The highest BCUT2D eigenvalue weighted by Crippen LogP contribution is 2.29. The molecule has 0 fully saturated rings. The molecular weight excluding hydrogens is 309 g/mol. The van der Waals surface area contributed by atoms with Gasteiger partial charge in [-0.3, -0.25) is 0 Å². The highest BCUT2D eigenvalue weighted by molar-refractivity contribution is 7.89. The maximum atomic E-state index is 13.5. The quantitative estimate of drug-likeness (QED) is 0.885. The number of nitrogens with one attached hydrogen (secondary N) is 1. The molecule has 0 atom stereocenters. The molecule has 0 amide bonds. The van der Waals surface area contributed by atoms with Crippen LogP contribution >= 0.6 is 0 Å². The normalized spacial score (nSPS) is 11.2. The summed E-state index contributed by atoms with van der Waals surface area (Å²) in [5, 5.41) is 0. The minimum atomic E-state index is -3.79. The number of hydrogen-bond donors (Lipinski definition) is 1. The first-order valence-electron chi connectivity index (χ1n) is 6.43. The Hall–Kier alpha value is -2.12. The molecule has 0 unspecified atom stereocenters. The van der Waals surface area contributed by atoms with E-state index in [1.54, 1.807) is 12.1 Å². The molecule has 0 aliphatic heterocycles. The standard InChI is InChI=1S/C15H16FNO4S/c1-20-14-8-7-12(9-15(14)21-2)22(18,19)17-10-11-5-3-4-6-13(11)16/h3-9,17H,10H2,1-2H3. The lowest BCUT2D eigenvalue weighted by atomic mass is 10.2. The van der Waals surface area contributed by atoms with E-state index >= 15 is 0 Å². The van der Waals surface area contributed by atoms with Crippen molar-refractivity contribution < 1.29 is 22.3 Å². The Bertz CT molecular complexity index is 762. The lowest BCUT2D eigenvalue weighted by molar-refractivity contribution is 0.354. The Morgan fingerprint density at radius 1 is 1.05 bits per heavy atom. The van der Waals surface area contributed by atoms with Crippen molar-refractivity contribution in [1.29, 1.82) is 0 Å². The van der Waals surface area contributed by atoms with Crippen molar-refractivity contribution in [3.63, 3.8) is 0 Å². The van der Waals surface area contributed by atoms with Gasteiger partial charge in [0.1, 0.15) is 5.82 Å². The van der Waals surface area contributed by atoms with Crippen LogP contribution in [0.4, 0.5) is 4.39 Å². The predicted octanol–water partition coefficient (Wildman–Crippen LogP) is 2.32. The molecule has 2 rings (SSSR count). The van der Waals surface area contributed by atoms with Crippen LogP contribution in [0.3, 0.4) is 0 Å². The van der Waals surface area contributed by atoms with Crippen LogP contribution in [0.15, 0.2) is 47.4 Å². The fourth-order valence-electron chi connectivity index (χ4n) is 1.88. The second kappa shape index (κ2) is 6.76. The molecule has 0 bridgehead atoms. The molecule has 7 heteroatoms. The summed E-state index contributed by atoms with van der Waals surface area (Å²) in [5.74, 6) is 0.268. The average Bonchev–Trinajstić information content (AvgIpc) is 2.53. The van der Waals surface area contributed by atoms with Crippen LogP contribution in [-0.2, 0) is 16.6 Å². The summed E-state index contributed by atoms with van der Waals surface area (Å²) < 4.78 is 50.5. The summed E-state index contributed by atoms with van der Waals surface area (Å²) in [6.07, 6.45) is 0. The van der Waals surface area contributed by atoms with E-state index in [-0.39, 0.29) is 17.0 Å². The molecule has 0 saturated heterocycles. The van der Waals surface area contributed by atoms with E-state index in [4.69, 9.17) is 9.47 Å². The third kappa shape index (κ3) is 3.55. The number of rotatable bonds is 6. The third-order valence-corrected chi connectivity index (χ3v) is 4.47. The number of sulfonamides is 1. The van der Waals surface area contributed by atoms with Crippen molar-refractivity contribution in [2.45, 2.75) is 11.4 Å². The van der Waals surface area contributed by atoms with Gasteiger partial charge in [-0.25, -0.2) is 17.5 Å². The van der Waals surface area contributed by atoms with Gasteiger partial charge in [0.05, 0.1) is 19.1 Å². The molecule has 2 aromatic rings. The Morgan fingerprint density at radius 2 is 1.73 bits per heavy atom. The maximum Gasteiger partial charge on any atom is 0.241 e. The van der Waals surface area contributed by atoms with E-state index < -0.39 is 15.8 Å². The molecular formula is C15H16FNO4S. The van der Waals surface area contributed by atoms with Crippen molar-refractivity contribution in [3.8, 4) is 11.5 Å². The third-order valence-electron chi connectivity index (χ3n) is 3.08. The van der Waals surface area contributed by atoms with Gasteiger partial charge in [-0.1, -0.05) is 18.2 Å². The highest BCUT2D eigenvalue weighted by atomic mass is 32.2. The Balaban J connectivity index is 2.22. The Kier molecular flexibility index (Phi) is 4.99. The van der Waals surface area contributed by atoms with E-state index in [0.29, 0.717) is 11.5 Å². The molecule has 1 N–H and O–H groups in total. The molecule has 0 aliphatic carbocycles. The van der Waals surface area contributed by atoms with Crippen LogP contribution in [0.25, 0.3) is 0 Å². The topological polar surface area (TPSA) is 64.6 Å². The summed E-state index contributed by atoms with van der Waals surface area (Å²) in [4.78, 5) is 0.0153. The molecule has 118 valence electrons.